The highest BCUT2D eigenvalue weighted by Crippen LogP contribution is 2.17. The maximum atomic E-state index is 12.2. The predicted octanol–water partition coefficient (Wildman–Crippen LogP) is 2.87. The number of unbranched alkanes of at least 4 members (excludes halogenated alkanes) is 1. The lowest BCUT2D eigenvalue weighted by molar-refractivity contribution is -0.117. The van der Waals surface area contributed by atoms with Crippen LogP contribution in [0, 0.1) is 11.3 Å². The summed E-state index contributed by atoms with van der Waals surface area (Å²) in [5, 5.41) is 16.3. The molecule has 0 saturated carbocycles. The minimum atomic E-state index is -0.609. The van der Waals surface area contributed by atoms with Crippen LogP contribution in [-0.2, 0) is 9.53 Å². The lowest BCUT2D eigenvalue weighted by Gasteiger charge is -2.03. The summed E-state index contributed by atoms with van der Waals surface area (Å²) in [6.07, 6.45) is 4.71. The standard InChI is InChI=1S/C20H22N4O3/c1-3-5-11-22-19(25)15(13-21)12-16-14-24(17-9-7-6-8-10-17)23-18(16)20(26)27-4-2/h6-10,12,14H,3-5,11H2,1-2H3,(H,22,25)/b15-12-. The average molecular weight is 366 g/mol. The fraction of sp³-hybridized carbons (Fsp3) is 0.300. The maximum Gasteiger partial charge on any atom is 0.359 e. The van der Waals surface area contributed by atoms with Crippen LogP contribution in [0.25, 0.3) is 11.8 Å². The minimum Gasteiger partial charge on any atom is -0.461 e. The molecule has 0 unspecified atom stereocenters. The SMILES string of the molecule is CCCCNC(=O)/C(C#N)=C\c1cn(-c2ccccc2)nc1C(=O)OCC. The van der Waals surface area contributed by atoms with Crippen LogP contribution in [0.1, 0.15) is 42.7 Å². The molecule has 1 amide bonds. The highest BCUT2D eigenvalue weighted by atomic mass is 16.5. The third-order valence-electron chi connectivity index (χ3n) is 3.71. The van der Waals surface area contributed by atoms with Gasteiger partial charge in [0.05, 0.1) is 12.3 Å². The van der Waals surface area contributed by atoms with Gasteiger partial charge in [-0.25, -0.2) is 9.48 Å². The van der Waals surface area contributed by atoms with E-state index in [9.17, 15) is 14.9 Å². The Labute approximate surface area is 158 Å². The lowest BCUT2D eigenvalue weighted by atomic mass is 10.1. The molecule has 7 nitrogen and oxygen atoms in total. The number of hydrogen-bond acceptors (Lipinski definition) is 5. The van der Waals surface area contributed by atoms with Crippen LogP contribution >= 0.6 is 0 Å². The number of nitrogens with one attached hydrogen (secondary N) is 1. The van der Waals surface area contributed by atoms with Gasteiger partial charge in [0.25, 0.3) is 5.91 Å². The highest BCUT2D eigenvalue weighted by molar-refractivity contribution is 6.03. The van der Waals surface area contributed by atoms with Crippen molar-refractivity contribution < 1.29 is 14.3 Å². The Morgan fingerprint density at radius 3 is 2.67 bits per heavy atom. The Hall–Kier alpha value is -3.40. The minimum absolute atomic E-state index is 0.0508. The van der Waals surface area contributed by atoms with Gasteiger partial charge in [-0.05, 0) is 31.6 Å². The van der Waals surface area contributed by atoms with Crippen molar-refractivity contribution >= 4 is 18.0 Å². The fourth-order valence-electron chi connectivity index (χ4n) is 2.34. The largest absolute Gasteiger partial charge is 0.461 e. The summed E-state index contributed by atoms with van der Waals surface area (Å²) in [6.45, 7) is 4.39. The Kier molecular flexibility index (Phi) is 7.32. The summed E-state index contributed by atoms with van der Waals surface area (Å²) in [5.74, 6) is -1.09. The Morgan fingerprint density at radius 2 is 2.04 bits per heavy atom. The number of nitrogens with zero attached hydrogens (tertiary/aromatic N) is 3. The van der Waals surface area contributed by atoms with Crippen molar-refractivity contribution in [2.75, 3.05) is 13.2 Å². The van der Waals surface area contributed by atoms with Crippen LogP contribution in [0.4, 0.5) is 0 Å². The molecule has 1 N–H and O–H groups in total. The van der Waals surface area contributed by atoms with E-state index in [-0.39, 0.29) is 17.9 Å². The van der Waals surface area contributed by atoms with Gasteiger partial charge in [-0.15, -0.1) is 0 Å². The monoisotopic (exact) mass is 366 g/mol. The number of carbonyl (C=O) groups is 2. The zero-order valence-corrected chi connectivity index (χ0v) is 15.4. The first-order valence-electron chi connectivity index (χ1n) is 8.82. The zero-order chi connectivity index (χ0) is 19.6. The number of benzene rings is 1. The molecular weight excluding hydrogens is 344 g/mol. The van der Waals surface area contributed by atoms with Crippen LogP contribution < -0.4 is 5.32 Å². The molecule has 0 aliphatic rings. The third-order valence-corrected chi connectivity index (χ3v) is 3.71. The van der Waals surface area contributed by atoms with Gasteiger partial charge in [0.15, 0.2) is 5.69 Å². The van der Waals surface area contributed by atoms with E-state index in [4.69, 9.17) is 4.74 Å². The van der Waals surface area contributed by atoms with Crippen LogP contribution in [0.5, 0.6) is 0 Å². The number of carbonyl (C=O) groups excluding carboxylic acids is 2. The van der Waals surface area contributed by atoms with Crippen molar-refractivity contribution in [1.82, 2.24) is 15.1 Å². The third kappa shape index (κ3) is 5.28. The number of rotatable bonds is 8. The summed E-state index contributed by atoms with van der Waals surface area (Å²) in [7, 11) is 0. The van der Waals surface area contributed by atoms with Gasteiger partial charge in [0, 0.05) is 18.3 Å². The fourth-order valence-corrected chi connectivity index (χ4v) is 2.34. The van der Waals surface area contributed by atoms with E-state index in [1.54, 1.807) is 13.1 Å². The molecule has 0 spiro atoms. The van der Waals surface area contributed by atoms with Crippen LogP contribution in [0.15, 0.2) is 42.1 Å². The van der Waals surface area contributed by atoms with Crippen molar-refractivity contribution in [2.24, 2.45) is 0 Å². The maximum absolute atomic E-state index is 12.2. The second kappa shape index (κ2) is 9.92. The Morgan fingerprint density at radius 1 is 1.30 bits per heavy atom. The quantitative estimate of drug-likeness (QED) is 0.335. The number of esters is 1. The number of hydrogen-bond donors (Lipinski definition) is 1. The molecule has 7 heteroatoms. The molecule has 2 aromatic rings. The molecule has 0 aliphatic heterocycles. The van der Waals surface area contributed by atoms with E-state index in [2.05, 4.69) is 10.4 Å². The van der Waals surface area contributed by atoms with E-state index in [0.29, 0.717) is 12.1 Å². The van der Waals surface area contributed by atoms with E-state index in [1.165, 1.54) is 10.8 Å². The lowest BCUT2D eigenvalue weighted by Crippen LogP contribution is -2.25. The van der Waals surface area contributed by atoms with Crippen LogP contribution in [0.3, 0.4) is 0 Å². The second-order valence-corrected chi connectivity index (χ2v) is 5.71. The molecule has 0 fully saturated rings. The number of aromatic nitrogens is 2. The van der Waals surface area contributed by atoms with Crippen molar-refractivity contribution in [3.63, 3.8) is 0 Å². The molecule has 1 heterocycles. The summed E-state index contributed by atoms with van der Waals surface area (Å²) in [6, 6.07) is 11.1. The number of nitriles is 1. The molecule has 0 aliphatic carbocycles. The highest BCUT2D eigenvalue weighted by Gasteiger charge is 2.19. The number of amides is 1. The first-order valence-corrected chi connectivity index (χ1v) is 8.82. The van der Waals surface area contributed by atoms with Gasteiger partial charge in [-0.2, -0.15) is 10.4 Å². The van der Waals surface area contributed by atoms with E-state index < -0.39 is 11.9 Å². The van der Waals surface area contributed by atoms with E-state index in [0.717, 1.165) is 18.5 Å². The van der Waals surface area contributed by atoms with E-state index in [1.807, 2.05) is 43.3 Å². The van der Waals surface area contributed by atoms with Crippen molar-refractivity contribution in [1.29, 1.82) is 5.26 Å². The van der Waals surface area contributed by atoms with Gasteiger partial charge in [0.2, 0.25) is 0 Å². The van der Waals surface area contributed by atoms with Crippen LogP contribution in [-0.4, -0.2) is 34.8 Å². The summed E-state index contributed by atoms with van der Waals surface area (Å²) >= 11 is 0. The molecule has 140 valence electrons. The molecule has 0 bridgehead atoms. The first kappa shape index (κ1) is 19.9. The summed E-state index contributed by atoms with van der Waals surface area (Å²) < 4.78 is 6.56. The van der Waals surface area contributed by atoms with Gasteiger partial charge >= 0.3 is 5.97 Å². The molecule has 0 radical (unpaired) electrons. The predicted molar refractivity (Wildman–Crippen MR) is 101 cm³/mol. The molecular formula is C20H22N4O3. The Bertz CT molecular complexity index is 863. The molecule has 1 aromatic carbocycles. The molecule has 1 aromatic heterocycles. The van der Waals surface area contributed by atoms with Crippen molar-refractivity contribution in [2.45, 2.75) is 26.7 Å². The summed E-state index contributed by atoms with van der Waals surface area (Å²) in [5.41, 5.74) is 1.05. The molecule has 27 heavy (non-hydrogen) atoms. The average Bonchev–Trinajstić information content (AvgIpc) is 3.11. The molecule has 2 rings (SSSR count). The zero-order valence-electron chi connectivity index (χ0n) is 15.4. The first-order chi connectivity index (χ1) is 13.1. The number of ether oxygens (including phenoxy) is 1. The second-order valence-electron chi connectivity index (χ2n) is 5.71. The van der Waals surface area contributed by atoms with Crippen molar-refractivity contribution in [3.05, 3.63) is 53.4 Å². The van der Waals surface area contributed by atoms with Gasteiger partial charge < -0.3 is 10.1 Å². The molecule has 0 saturated heterocycles. The normalized spacial score (nSPS) is 10.9. The van der Waals surface area contributed by atoms with Crippen LogP contribution in [0.2, 0.25) is 0 Å². The number of para-hydroxylation sites is 1. The van der Waals surface area contributed by atoms with Crippen molar-refractivity contribution in [3.8, 4) is 11.8 Å². The van der Waals surface area contributed by atoms with Gasteiger partial charge in [0.1, 0.15) is 11.6 Å². The van der Waals surface area contributed by atoms with Gasteiger partial charge in [-0.1, -0.05) is 31.5 Å². The molecule has 0 atom stereocenters. The van der Waals surface area contributed by atoms with Gasteiger partial charge in [-0.3, -0.25) is 4.79 Å². The van der Waals surface area contributed by atoms with E-state index >= 15 is 0 Å². The Balaban J connectivity index is 2.40. The summed E-state index contributed by atoms with van der Waals surface area (Å²) in [4.78, 5) is 24.4. The smallest absolute Gasteiger partial charge is 0.359 e. The topological polar surface area (TPSA) is 97.0 Å².